The molecule has 0 aliphatic carbocycles. The number of carbonyl (C=O) groups is 2. The number of rotatable bonds is 4. The van der Waals surface area contributed by atoms with E-state index in [0.717, 1.165) is 28.6 Å². The van der Waals surface area contributed by atoms with Gasteiger partial charge in [0.2, 0.25) is 5.91 Å². The Balaban J connectivity index is 1.66. The number of sulfone groups is 1. The highest BCUT2D eigenvalue weighted by Gasteiger charge is 2.60. The van der Waals surface area contributed by atoms with Gasteiger partial charge in [0.25, 0.3) is 0 Å². The number of carbonyl (C=O) groups excluding carboxylic acids is 2. The van der Waals surface area contributed by atoms with Crippen molar-refractivity contribution < 1.29 is 27.9 Å². The maximum atomic E-state index is 13.7. The molecule has 1 spiro atoms. The van der Waals surface area contributed by atoms with E-state index in [2.05, 4.69) is 5.32 Å². The molecule has 0 unspecified atom stereocenters. The van der Waals surface area contributed by atoms with E-state index in [0.29, 0.717) is 24.1 Å². The summed E-state index contributed by atoms with van der Waals surface area (Å²) in [5.74, 6) is -0.170. The number of para-hydroxylation sites is 1. The number of fused-ring (bicyclic) bond motifs is 2. The molecule has 2 aliphatic heterocycles. The largest absolute Gasteiger partial charge is 0.444 e. The maximum Gasteiger partial charge on any atom is 0.410 e. The van der Waals surface area contributed by atoms with Crippen molar-refractivity contribution in [1.29, 1.82) is 0 Å². The van der Waals surface area contributed by atoms with Gasteiger partial charge in [0.1, 0.15) is 11.0 Å². The molecule has 5 rings (SSSR count). The molecule has 0 saturated carbocycles. The van der Waals surface area contributed by atoms with Crippen LogP contribution in [0, 0.1) is 0 Å². The molecule has 2 atom stereocenters. The number of amides is 2. The van der Waals surface area contributed by atoms with E-state index >= 15 is 0 Å². The summed E-state index contributed by atoms with van der Waals surface area (Å²) in [5, 5.41) is 12.7. The Morgan fingerprint density at radius 1 is 1.08 bits per heavy atom. The predicted molar refractivity (Wildman–Crippen MR) is 148 cm³/mol. The molecule has 0 radical (unpaired) electrons. The van der Waals surface area contributed by atoms with Crippen molar-refractivity contribution in [1.82, 2.24) is 4.90 Å². The van der Waals surface area contributed by atoms with Crippen LogP contribution >= 0.6 is 0 Å². The fourth-order valence-corrected chi connectivity index (χ4v) is 6.72. The SMILES string of the molecule is CC(C)(C)OC(=O)N1CC[C@@]2(C(=O)Nc3ccccc32)[C@@H]1c1cccc(-c2ccc(CO)c(S(C)(=O)=O)c2)c1. The Bertz CT molecular complexity index is 1580. The number of nitrogens with zero attached hydrogens (tertiary/aromatic N) is 1. The molecule has 0 aromatic heterocycles. The molecular formula is C30H32N2O6S. The second kappa shape index (κ2) is 9.50. The Labute approximate surface area is 228 Å². The van der Waals surface area contributed by atoms with E-state index in [1.165, 1.54) is 0 Å². The van der Waals surface area contributed by atoms with Gasteiger partial charge in [-0.2, -0.15) is 0 Å². The first kappa shape index (κ1) is 26.9. The van der Waals surface area contributed by atoms with E-state index in [-0.39, 0.29) is 10.8 Å². The zero-order chi connectivity index (χ0) is 28.2. The molecule has 0 bridgehead atoms. The zero-order valence-electron chi connectivity index (χ0n) is 22.4. The summed E-state index contributed by atoms with van der Waals surface area (Å²) in [7, 11) is -3.58. The number of aliphatic hydroxyl groups excluding tert-OH is 1. The fourth-order valence-electron chi connectivity index (χ4n) is 5.77. The summed E-state index contributed by atoms with van der Waals surface area (Å²) in [6.45, 7) is 5.35. The van der Waals surface area contributed by atoms with Gasteiger partial charge in [-0.1, -0.05) is 48.5 Å². The first-order chi connectivity index (χ1) is 18.3. The highest BCUT2D eigenvalue weighted by atomic mass is 32.2. The van der Waals surface area contributed by atoms with E-state index in [9.17, 15) is 23.1 Å². The molecule has 2 aliphatic rings. The first-order valence-corrected chi connectivity index (χ1v) is 14.7. The lowest BCUT2D eigenvalue weighted by molar-refractivity contribution is -0.121. The summed E-state index contributed by atoms with van der Waals surface area (Å²) in [5.41, 5.74) is 2.25. The van der Waals surface area contributed by atoms with Crippen LogP contribution in [-0.4, -0.2) is 48.8 Å². The van der Waals surface area contributed by atoms with E-state index in [1.54, 1.807) is 43.9 Å². The molecule has 3 aromatic carbocycles. The lowest BCUT2D eigenvalue weighted by atomic mass is 9.72. The number of likely N-dealkylation sites (tertiary alicyclic amines) is 1. The molecule has 1 fully saturated rings. The van der Waals surface area contributed by atoms with Crippen molar-refractivity contribution in [3.05, 3.63) is 83.4 Å². The number of aliphatic hydroxyl groups is 1. The van der Waals surface area contributed by atoms with Gasteiger partial charge in [-0.05, 0) is 73.2 Å². The minimum absolute atomic E-state index is 0.0599. The second-order valence-corrected chi connectivity index (χ2v) is 13.2. The monoisotopic (exact) mass is 548 g/mol. The quantitative estimate of drug-likeness (QED) is 0.483. The summed E-state index contributed by atoms with van der Waals surface area (Å²) in [4.78, 5) is 28.8. The molecule has 1 saturated heterocycles. The number of benzene rings is 3. The van der Waals surface area contributed by atoms with Crippen molar-refractivity contribution >= 4 is 27.5 Å². The van der Waals surface area contributed by atoms with Gasteiger partial charge in [0, 0.05) is 18.5 Å². The minimum atomic E-state index is -3.58. The van der Waals surface area contributed by atoms with Gasteiger partial charge >= 0.3 is 6.09 Å². The Kier molecular flexibility index (Phi) is 6.55. The molecule has 9 heteroatoms. The Hall–Kier alpha value is -3.69. The van der Waals surface area contributed by atoms with Crippen LogP contribution in [0.4, 0.5) is 10.5 Å². The Morgan fingerprint density at radius 2 is 1.79 bits per heavy atom. The van der Waals surface area contributed by atoms with Crippen LogP contribution in [0.5, 0.6) is 0 Å². The van der Waals surface area contributed by atoms with Crippen LogP contribution in [0.3, 0.4) is 0 Å². The smallest absolute Gasteiger partial charge is 0.410 e. The number of hydrogen-bond acceptors (Lipinski definition) is 6. The summed E-state index contributed by atoms with van der Waals surface area (Å²) in [6, 6.07) is 19.3. The second-order valence-electron chi connectivity index (χ2n) is 11.2. The third kappa shape index (κ3) is 4.70. The number of nitrogens with one attached hydrogen (secondary N) is 1. The van der Waals surface area contributed by atoms with Crippen molar-refractivity contribution in [2.75, 3.05) is 18.1 Å². The first-order valence-electron chi connectivity index (χ1n) is 12.8. The summed E-state index contributed by atoms with van der Waals surface area (Å²) in [6.07, 6.45) is 1.03. The van der Waals surface area contributed by atoms with Crippen molar-refractivity contribution in [2.24, 2.45) is 0 Å². The number of hydrogen-bond donors (Lipinski definition) is 2. The molecule has 2 N–H and O–H groups in total. The van der Waals surface area contributed by atoms with Crippen LogP contribution in [0.2, 0.25) is 0 Å². The van der Waals surface area contributed by atoms with E-state index in [4.69, 9.17) is 4.74 Å². The zero-order valence-corrected chi connectivity index (χ0v) is 23.2. The fraction of sp³-hybridized carbons (Fsp3) is 0.333. The molecule has 3 aromatic rings. The molecule has 39 heavy (non-hydrogen) atoms. The van der Waals surface area contributed by atoms with Crippen LogP contribution in [0.25, 0.3) is 11.1 Å². The average molecular weight is 549 g/mol. The van der Waals surface area contributed by atoms with Crippen LogP contribution in [0.15, 0.2) is 71.6 Å². The Morgan fingerprint density at radius 3 is 2.49 bits per heavy atom. The lowest BCUT2D eigenvalue weighted by Gasteiger charge is -2.35. The predicted octanol–water partition coefficient (Wildman–Crippen LogP) is 4.82. The molecule has 2 amide bonds. The van der Waals surface area contributed by atoms with E-state index < -0.39 is 39.6 Å². The van der Waals surface area contributed by atoms with Gasteiger partial charge in [-0.15, -0.1) is 0 Å². The van der Waals surface area contributed by atoms with Gasteiger partial charge in [0.15, 0.2) is 9.84 Å². The van der Waals surface area contributed by atoms with Crippen molar-refractivity contribution in [3.63, 3.8) is 0 Å². The minimum Gasteiger partial charge on any atom is -0.444 e. The molecular weight excluding hydrogens is 516 g/mol. The van der Waals surface area contributed by atoms with Crippen LogP contribution in [-0.2, 0) is 31.4 Å². The normalized spacial score (nSPS) is 20.7. The van der Waals surface area contributed by atoms with Gasteiger partial charge in [0.05, 0.1) is 17.5 Å². The maximum absolute atomic E-state index is 13.7. The molecule has 204 valence electrons. The average Bonchev–Trinajstić information content (AvgIpc) is 3.41. The van der Waals surface area contributed by atoms with Crippen molar-refractivity contribution in [3.8, 4) is 11.1 Å². The van der Waals surface area contributed by atoms with Gasteiger partial charge < -0.3 is 15.2 Å². The van der Waals surface area contributed by atoms with Crippen LogP contribution < -0.4 is 5.32 Å². The van der Waals surface area contributed by atoms with Gasteiger partial charge in [-0.3, -0.25) is 9.69 Å². The molecule has 2 heterocycles. The highest BCUT2D eigenvalue weighted by Crippen LogP contribution is 2.55. The number of anilines is 1. The molecule has 8 nitrogen and oxygen atoms in total. The van der Waals surface area contributed by atoms with E-state index in [1.807, 2.05) is 48.5 Å². The topological polar surface area (TPSA) is 113 Å². The summed E-state index contributed by atoms with van der Waals surface area (Å²) < 4.78 is 30.6. The standard InChI is InChI=1S/C30H32N2O6S/c1-29(2,3)38-28(35)32-15-14-30(23-10-5-6-11-24(23)31-27(30)34)26(32)21-9-7-8-19(16-21)20-12-13-22(18-33)25(17-20)39(4,36)37/h5-13,16-17,26,33H,14-15,18H2,1-4H3,(H,31,34)/t26-,30-/m0/s1. The number of ether oxygens (including phenoxy) is 1. The van der Waals surface area contributed by atoms with Gasteiger partial charge in [-0.25, -0.2) is 13.2 Å². The third-order valence-electron chi connectivity index (χ3n) is 7.39. The lowest BCUT2D eigenvalue weighted by Crippen LogP contribution is -2.44. The van der Waals surface area contributed by atoms with Crippen molar-refractivity contribution in [2.45, 2.75) is 55.8 Å². The highest BCUT2D eigenvalue weighted by molar-refractivity contribution is 7.90. The van der Waals surface area contributed by atoms with Crippen LogP contribution in [0.1, 0.15) is 49.9 Å². The third-order valence-corrected chi connectivity index (χ3v) is 8.57. The summed E-state index contributed by atoms with van der Waals surface area (Å²) >= 11 is 0.